The number of carbonyl (C=O) groups excluding carboxylic acids is 2. The van der Waals surface area contributed by atoms with Crippen LogP contribution in [0.2, 0.25) is 0 Å². The number of fused-ring (bicyclic) bond motifs is 5. The average molecular weight is 753 g/mol. The molecule has 1 N–H and O–H groups in total. The summed E-state index contributed by atoms with van der Waals surface area (Å²) in [7, 11) is 0. The standard InChI is InChI=1S/C51H80N2O2/c1-5-7-8-9-10-11-12-13-14-15-16-17-18-19-20-21-22-23-24-31-49(55)53-38-35-43(40-53)52-48(54)30-27-28-42-32-33-46-44-39-41(6-2)45-29-25-26-36-51(45,4)47(44)34-37-50(42,46)3/h7-8,10-11,13-14,16-17,19-20,22-23,41-47H,5-6,9,12,15,18,21,24-40H2,1-4H3,(H,52,54)/b8-7-,11-10-,14-13-,17-16-,20-19-,23-22-/t41-,42?,43?,44?,45?,46?,47-,50?,51?/m0/s1. The molecule has 4 nitrogen and oxygen atoms in total. The van der Waals surface area contributed by atoms with Gasteiger partial charge in [-0.2, -0.15) is 0 Å². The zero-order chi connectivity index (χ0) is 38.9. The second-order valence-electron chi connectivity index (χ2n) is 18.7. The third kappa shape index (κ3) is 12.0. The number of carbonyl (C=O) groups is 2. The monoisotopic (exact) mass is 753 g/mol. The van der Waals surface area contributed by atoms with Crippen LogP contribution in [0.4, 0.5) is 0 Å². The van der Waals surface area contributed by atoms with E-state index in [-0.39, 0.29) is 17.9 Å². The quantitative estimate of drug-likeness (QED) is 0.126. The number of nitrogens with one attached hydrogen (secondary N) is 1. The second kappa shape index (κ2) is 22.4. The number of nitrogens with zero attached hydrogens (tertiary/aromatic N) is 1. The molecule has 306 valence electrons. The third-order valence-electron chi connectivity index (χ3n) is 15.5. The highest BCUT2D eigenvalue weighted by Crippen LogP contribution is 2.69. The van der Waals surface area contributed by atoms with Crippen LogP contribution >= 0.6 is 0 Å². The lowest BCUT2D eigenvalue weighted by Crippen LogP contribution is -2.55. The number of hydrogen-bond donors (Lipinski definition) is 1. The van der Waals surface area contributed by atoms with Gasteiger partial charge in [0.1, 0.15) is 0 Å². The first-order chi connectivity index (χ1) is 26.8. The highest BCUT2D eigenvalue weighted by molar-refractivity contribution is 5.78. The molecular formula is C51H80N2O2. The number of rotatable bonds is 20. The minimum Gasteiger partial charge on any atom is -0.352 e. The average Bonchev–Trinajstić information content (AvgIpc) is 3.79. The second-order valence-corrected chi connectivity index (χ2v) is 18.7. The largest absolute Gasteiger partial charge is 0.352 e. The summed E-state index contributed by atoms with van der Waals surface area (Å²) >= 11 is 0. The zero-order valence-corrected chi connectivity index (χ0v) is 35.7. The van der Waals surface area contributed by atoms with Crippen molar-refractivity contribution in [2.75, 3.05) is 13.1 Å². The Labute approximate surface area is 337 Å². The highest BCUT2D eigenvalue weighted by Gasteiger charge is 2.61. The van der Waals surface area contributed by atoms with Gasteiger partial charge in [0.15, 0.2) is 0 Å². The Kier molecular flexibility index (Phi) is 17.7. The molecular weight excluding hydrogens is 673 g/mol. The van der Waals surface area contributed by atoms with Gasteiger partial charge in [-0.3, -0.25) is 9.59 Å². The molecule has 7 unspecified atom stereocenters. The molecule has 9 atom stereocenters. The molecule has 1 saturated heterocycles. The lowest BCUT2D eigenvalue weighted by atomic mass is 9.42. The fraction of sp³-hybridized carbons (Fsp3) is 0.725. The maximum atomic E-state index is 13.1. The van der Waals surface area contributed by atoms with Crippen molar-refractivity contribution in [3.63, 3.8) is 0 Å². The van der Waals surface area contributed by atoms with Crippen molar-refractivity contribution in [2.24, 2.45) is 46.3 Å². The van der Waals surface area contributed by atoms with E-state index in [1.807, 2.05) is 4.90 Å². The first-order valence-corrected chi connectivity index (χ1v) is 23.3. The van der Waals surface area contributed by atoms with Gasteiger partial charge >= 0.3 is 0 Å². The summed E-state index contributed by atoms with van der Waals surface area (Å²) < 4.78 is 0. The zero-order valence-electron chi connectivity index (χ0n) is 35.7. The predicted octanol–water partition coefficient (Wildman–Crippen LogP) is 13.0. The molecule has 0 aromatic carbocycles. The van der Waals surface area contributed by atoms with Gasteiger partial charge in [0, 0.05) is 32.0 Å². The molecule has 5 rings (SSSR count). The van der Waals surface area contributed by atoms with Crippen LogP contribution in [0.1, 0.15) is 169 Å². The first-order valence-electron chi connectivity index (χ1n) is 23.3. The van der Waals surface area contributed by atoms with Crippen molar-refractivity contribution >= 4 is 11.8 Å². The summed E-state index contributed by atoms with van der Waals surface area (Å²) in [6.07, 6.45) is 51.9. The maximum absolute atomic E-state index is 13.1. The summed E-state index contributed by atoms with van der Waals surface area (Å²) in [5.41, 5.74) is 1.07. The topological polar surface area (TPSA) is 49.4 Å². The molecule has 5 fully saturated rings. The van der Waals surface area contributed by atoms with Gasteiger partial charge in [-0.25, -0.2) is 0 Å². The molecule has 4 saturated carbocycles. The molecule has 55 heavy (non-hydrogen) atoms. The van der Waals surface area contributed by atoms with Crippen LogP contribution in [0.5, 0.6) is 0 Å². The lowest BCUT2D eigenvalue weighted by Gasteiger charge is -2.62. The van der Waals surface area contributed by atoms with Crippen molar-refractivity contribution in [2.45, 2.75) is 175 Å². The normalized spacial score (nSPS) is 33.8. The molecule has 1 heterocycles. The van der Waals surface area contributed by atoms with Crippen molar-refractivity contribution in [3.05, 3.63) is 72.9 Å². The Morgan fingerprint density at radius 2 is 1.31 bits per heavy atom. The molecule has 0 radical (unpaired) electrons. The van der Waals surface area contributed by atoms with Gasteiger partial charge in [0.05, 0.1) is 0 Å². The molecule has 2 amide bonds. The number of allylic oxidation sites excluding steroid dienone is 12. The van der Waals surface area contributed by atoms with Crippen molar-refractivity contribution in [3.8, 4) is 0 Å². The van der Waals surface area contributed by atoms with E-state index < -0.39 is 0 Å². The van der Waals surface area contributed by atoms with Crippen LogP contribution in [0.3, 0.4) is 0 Å². The van der Waals surface area contributed by atoms with E-state index in [9.17, 15) is 9.59 Å². The summed E-state index contributed by atoms with van der Waals surface area (Å²) in [5.74, 6) is 5.91. The number of hydrogen-bond acceptors (Lipinski definition) is 2. The van der Waals surface area contributed by atoms with E-state index in [4.69, 9.17) is 0 Å². The molecule has 0 spiro atoms. The molecule has 0 bridgehead atoms. The van der Waals surface area contributed by atoms with Crippen molar-refractivity contribution in [1.29, 1.82) is 0 Å². The van der Waals surface area contributed by atoms with Crippen LogP contribution in [-0.4, -0.2) is 35.8 Å². The molecule has 4 heteroatoms. The fourth-order valence-electron chi connectivity index (χ4n) is 12.5. The minimum atomic E-state index is 0.105. The van der Waals surface area contributed by atoms with Crippen LogP contribution in [0, 0.1) is 46.3 Å². The molecule has 0 aromatic rings. The van der Waals surface area contributed by atoms with E-state index in [1.54, 1.807) is 0 Å². The van der Waals surface area contributed by atoms with Gasteiger partial charge in [0.25, 0.3) is 0 Å². The molecule has 4 aliphatic carbocycles. The Hall–Kier alpha value is -2.62. The molecule has 1 aliphatic heterocycles. The Balaban J connectivity index is 0.910. The van der Waals surface area contributed by atoms with Crippen LogP contribution < -0.4 is 5.32 Å². The van der Waals surface area contributed by atoms with Gasteiger partial charge in [-0.05, 0) is 155 Å². The smallest absolute Gasteiger partial charge is 0.222 e. The number of amides is 2. The maximum Gasteiger partial charge on any atom is 0.222 e. The third-order valence-corrected chi connectivity index (χ3v) is 15.5. The van der Waals surface area contributed by atoms with Crippen LogP contribution in [-0.2, 0) is 9.59 Å². The van der Waals surface area contributed by atoms with E-state index in [0.717, 1.165) is 99.8 Å². The highest BCUT2D eigenvalue weighted by atomic mass is 16.2. The van der Waals surface area contributed by atoms with Crippen molar-refractivity contribution in [1.82, 2.24) is 10.2 Å². The summed E-state index contributed by atoms with van der Waals surface area (Å²) in [4.78, 5) is 27.9. The summed E-state index contributed by atoms with van der Waals surface area (Å²) in [5, 5.41) is 3.30. The van der Waals surface area contributed by atoms with Crippen LogP contribution in [0.15, 0.2) is 72.9 Å². The SMILES string of the molecule is CC/C=C\C/C=C\C/C=C\C/C=C\C/C=C\C/C=C\CCC(=O)N1CCC(NC(=O)CCCC2CCC3C4C[C@H](CC)C5CCCCC5(C)[C@H]4CCC23C)C1. The Morgan fingerprint density at radius 3 is 1.96 bits per heavy atom. The minimum absolute atomic E-state index is 0.105. The van der Waals surface area contributed by atoms with Crippen molar-refractivity contribution < 1.29 is 9.59 Å². The van der Waals surface area contributed by atoms with E-state index in [1.165, 1.54) is 70.6 Å². The predicted molar refractivity (Wildman–Crippen MR) is 233 cm³/mol. The van der Waals surface area contributed by atoms with Gasteiger partial charge in [-0.15, -0.1) is 0 Å². The molecule has 0 aromatic heterocycles. The van der Waals surface area contributed by atoms with Crippen LogP contribution in [0.25, 0.3) is 0 Å². The fourth-order valence-corrected chi connectivity index (χ4v) is 12.5. The van der Waals surface area contributed by atoms with E-state index >= 15 is 0 Å². The molecule has 5 aliphatic rings. The first kappa shape index (κ1) is 43.5. The Bertz CT molecular complexity index is 1370. The van der Waals surface area contributed by atoms with E-state index in [0.29, 0.717) is 30.2 Å². The Morgan fingerprint density at radius 1 is 0.673 bits per heavy atom. The van der Waals surface area contributed by atoms with Gasteiger partial charge in [-0.1, -0.05) is 120 Å². The van der Waals surface area contributed by atoms with Gasteiger partial charge in [0.2, 0.25) is 11.8 Å². The number of likely N-dealkylation sites (tertiary alicyclic amines) is 1. The van der Waals surface area contributed by atoms with Gasteiger partial charge < -0.3 is 10.2 Å². The summed E-state index contributed by atoms with van der Waals surface area (Å²) in [6.45, 7) is 11.4. The van der Waals surface area contributed by atoms with E-state index in [2.05, 4.69) is 106 Å². The lowest BCUT2D eigenvalue weighted by molar-refractivity contribution is -0.136. The summed E-state index contributed by atoms with van der Waals surface area (Å²) in [6, 6.07) is 0.105.